The van der Waals surface area contributed by atoms with Gasteiger partial charge < -0.3 is 15.1 Å². The third-order valence-electron chi connectivity index (χ3n) is 5.45. The number of carbonyl (C=O) groups is 1. The first kappa shape index (κ1) is 20.4. The summed E-state index contributed by atoms with van der Waals surface area (Å²) in [7, 11) is 0. The van der Waals surface area contributed by atoms with E-state index in [1.165, 1.54) is 0 Å². The van der Waals surface area contributed by atoms with Crippen molar-refractivity contribution in [3.63, 3.8) is 0 Å². The van der Waals surface area contributed by atoms with Crippen LogP contribution in [0, 0.1) is 10.1 Å². The highest BCUT2D eigenvalue weighted by atomic mass is 16.6. The van der Waals surface area contributed by atoms with Gasteiger partial charge in [0.1, 0.15) is 11.4 Å². The van der Waals surface area contributed by atoms with Gasteiger partial charge in [0.2, 0.25) is 0 Å². The molecule has 158 valence electrons. The van der Waals surface area contributed by atoms with Crippen molar-refractivity contribution in [2.45, 2.75) is 6.54 Å². The molecule has 3 aromatic rings. The van der Waals surface area contributed by atoms with E-state index < -0.39 is 0 Å². The minimum absolute atomic E-state index is 0.00646. The largest absolute Gasteiger partial charge is 0.375 e. The van der Waals surface area contributed by atoms with Gasteiger partial charge in [-0.3, -0.25) is 14.9 Å². The molecule has 31 heavy (non-hydrogen) atoms. The van der Waals surface area contributed by atoms with Crippen molar-refractivity contribution in [3.05, 3.63) is 100 Å². The van der Waals surface area contributed by atoms with Crippen molar-refractivity contribution in [1.29, 1.82) is 0 Å². The maximum absolute atomic E-state index is 12.7. The summed E-state index contributed by atoms with van der Waals surface area (Å²) in [6, 6.07) is 24.3. The van der Waals surface area contributed by atoms with Gasteiger partial charge in [-0.2, -0.15) is 0 Å². The van der Waals surface area contributed by atoms with E-state index in [1.807, 2.05) is 59.5 Å². The van der Waals surface area contributed by atoms with Crippen LogP contribution in [0.4, 0.5) is 17.1 Å². The average molecular weight is 416 g/mol. The molecule has 0 aliphatic carbocycles. The van der Waals surface area contributed by atoms with E-state index >= 15 is 0 Å². The number of amides is 1. The summed E-state index contributed by atoms with van der Waals surface area (Å²) < 4.78 is 0. The van der Waals surface area contributed by atoms with Crippen LogP contribution in [-0.4, -0.2) is 41.9 Å². The Balaban J connectivity index is 1.48. The van der Waals surface area contributed by atoms with Gasteiger partial charge in [0.25, 0.3) is 5.91 Å². The maximum Gasteiger partial charge on any atom is 0.315 e. The van der Waals surface area contributed by atoms with Gasteiger partial charge in [-0.05, 0) is 29.8 Å². The molecule has 7 heteroatoms. The molecule has 0 unspecified atom stereocenters. The van der Waals surface area contributed by atoms with Gasteiger partial charge >= 0.3 is 5.69 Å². The second-order valence-electron chi connectivity index (χ2n) is 7.41. The minimum Gasteiger partial charge on any atom is -0.375 e. The summed E-state index contributed by atoms with van der Waals surface area (Å²) in [5.41, 5.74) is 2.86. The number of nitro benzene ring substituents is 1. The fourth-order valence-corrected chi connectivity index (χ4v) is 3.83. The normalized spacial score (nSPS) is 13.7. The van der Waals surface area contributed by atoms with E-state index in [1.54, 1.807) is 29.2 Å². The van der Waals surface area contributed by atoms with Crippen LogP contribution in [0.3, 0.4) is 0 Å². The Hall–Kier alpha value is -3.87. The van der Waals surface area contributed by atoms with Crippen molar-refractivity contribution in [2.75, 3.05) is 36.4 Å². The SMILES string of the molecule is O=C(c1ccccc1)N1CCN(c2cccc(NCc3ccccc3)c2[N+](=O)[O-])CC1. The lowest BCUT2D eigenvalue weighted by atomic mass is 10.1. The number of para-hydroxylation sites is 1. The predicted molar refractivity (Wildman–Crippen MR) is 121 cm³/mol. The molecule has 0 saturated carbocycles. The van der Waals surface area contributed by atoms with E-state index in [-0.39, 0.29) is 16.5 Å². The lowest BCUT2D eigenvalue weighted by Gasteiger charge is -2.36. The predicted octanol–water partition coefficient (Wildman–Crippen LogP) is 4.17. The van der Waals surface area contributed by atoms with Crippen LogP contribution in [0.2, 0.25) is 0 Å². The van der Waals surface area contributed by atoms with Crippen molar-refractivity contribution in [1.82, 2.24) is 4.90 Å². The highest BCUT2D eigenvalue weighted by Crippen LogP contribution is 2.36. The Morgan fingerprint density at radius 3 is 2.16 bits per heavy atom. The third-order valence-corrected chi connectivity index (χ3v) is 5.45. The monoisotopic (exact) mass is 416 g/mol. The number of benzene rings is 3. The van der Waals surface area contributed by atoms with Crippen LogP contribution >= 0.6 is 0 Å². The molecule has 1 heterocycles. The second-order valence-corrected chi connectivity index (χ2v) is 7.41. The zero-order valence-electron chi connectivity index (χ0n) is 17.1. The van der Waals surface area contributed by atoms with Crippen LogP contribution in [0.5, 0.6) is 0 Å². The van der Waals surface area contributed by atoms with Crippen molar-refractivity contribution >= 4 is 23.0 Å². The first-order valence-electron chi connectivity index (χ1n) is 10.3. The molecule has 3 aromatic carbocycles. The molecule has 1 fully saturated rings. The molecule has 0 spiro atoms. The van der Waals surface area contributed by atoms with Crippen molar-refractivity contribution in [2.24, 2.45) is 0 Å². The zero-order valence-corrected chi connectivity index (χ0v) is 17.1. The van der Waals surface area contributed by atoms with E-state index in [4.69, 9.17) is 0 Å². The number of hydrogen-bond donors (Lipinski definition) is 1. The zero-order chi connectivity index (χ0) is 21.6. The Labute approximate surface area is 181 Å². The summed E-state index contributed by atoms with van der Waals surface area (Å²) in [6.45, 7) is 2.63. The van der Waals surface area contributed by atoms with Gasteiger partial charge in [0.05, 0.1) is 4.92 Å². The van der Waals surface area contributed by atoms with Crippen molar-refractivity contribution < 1.29 is 9.72 Å². The number of piperazine rings is 1. The van der Waals surface area contributed by atoms with E-state index in [9.17, 15) is 14.9 Å². The number of nitrogens with zero attached hydrogens (tertiary/aromatic N) is 3. The minimum atomic E-state index is -0.329. The number of nitrogens with one attached hydrogen (secondary N) is 1. The Morgan fingerprint density at radius 2 is 1.52 bits per heavy atom. The highest BCUT2D eigenvalue weighted by Gasteiger charge is 2.28. The van der Waals surface area contributed by atoms with Gasteiger partial charge in [-0.1, -0.05) is 54.6 Å². The lowest BCUT2D eigenvalue weighted by Crippen LogP contribution is -2.49. The molecule has 7 nitrogen and oxygen atoms in total. The van der Waals surface area contributed by atoms with Gasteiger partial charge in [-0.25, -0.2) is 0 Å². The fraction of sp³-hybridized carbons (Fsp3) is 0.208. The summed E-state index contributed by atoms with van der Waals surface area (Å²) in [5, 5.41) is 15.1. The summed E-state index contributed by atoms with van der Waals surface area (Å²) >= 11 is 0. The van der Waals surface area contributed by atoms with Crippen LogP contribution in [-0.2, 0) is 6.54 Å². The summed E-state index contributed by atoms with van der Waals surface area (Å²) in [4.78, 5) is 28.1. The van der Waals surface area contributed by atoms with E-state index in [2.05, 4.69) is 5.32 Å². The van der Waals surface area contributed by atoms with Gasteiger partial charge in [0.15, 0.2) is 0 Å². The average Bonchev–Trinajstić information content (AvgIpc) is 2.83. The molecule has 1 aliphatic rings. The molecule has 1 aliphatic heterocycles. The van der Waals surface area contributed by atoms with Crippen LogP contribution < -0.4 is 10.2 Å². The number of anilines is 2. The number of nitro groups is 1. The third kappa shape index (κ3) is 4.66. The highest BCUT2D eigenvalue weighted by molar-refractivity contribution is 5.94. The topological polar surface area (TPSA) is 78.7 Å². The van der Waals surface area contributed by atoms with Gasteiger partial charge in [0, 0.05) is 38.3 Å². The smallest absolute Gasteiger partial charge is 0.315 e. The molecule has 0 atom stereocenters. The summed E-state index contributed by atoms with van der Waals surface area (Å²) in [6.07, 6.45) is 0. The lowest BCUT2D eigenvalue weighted by molar-refractivity contribution is -0.383. The first-order chi connectivity index (χ1) is 15.1. The second kappa shape index (κ2) is 9.30. The van der Waals surface area contributed by atoms with Crippen LogP contribution in [0.1, 0.15) is 15.9 Å². The van der Waals surface area contributed by atoms with Crippen LogP contribution in [0.25, 0.3) is 0 Å². The molecule has 4 rings (SSSR count). The molecule has 1 amide bonds. The first-order valence-corrected chi connectivity index (χ1v) is 10.3. The Kier molecular flexibility index (Phi) is 6.12. The summed E-state index contributed by atoms with van der Waals surface area (Å²) in [5.74, 6) is -0.00646. The molecule has 1 N–H and O–H groups in total. The van der Waals surface area contributed by atoms with E-state index in [0.717, 1.165) is 5.56 Å². The van der Waals surface area contributed by atoms with Crippen LogP contribution in [0.15, 0.2) is 78.9 Å². The number of carbonyl (C=O) groups excluding carboxylic acids is 1. The molecule has 1 saturated heterocycles. The fourth-order valence-electron chi connectivity index (χ4n) is 3.83. The standard InChI is InChI=1S/C24H24N4O3/c29-24(20-10-5-2-6-11-20)27-16-14-26(15-17-27)22-13-7-12-21(23(22)28(30)31)25-18-19-8-3-1-4-9-19/h1-13,25H,14-18H2. The van der Waals surface area contributed by atoms with Gasteiger partial charge in [-0.15, -0.1) is 0 Å². The van der Waals surface area contributed by atoms with E-state index in [0.29, 0.717) is 49.7 Å². The molecular formula is C24H24N4O3. The van der Waals surface area contributed by atoms with Crippen molar-refractivity contribution in [3.8, 4) is 0 Å². The maximum atomic E-state index is 12.7. The molecule has 0 radical (unpaired) electrons. The molecule has 0 aromatic heterocycles. The Morgan fingerprint density at radius 1 is 0.871 bits per heavy atom. The quantitative estimate of drug-likeness (QED) is 0.482. The Bertz CT molecular complexity index is 1050. The molecular weight excluding hydrogens is 392 g/mol. The number of hydrogen-bond acceptors (Lipinski definition) is 5. The number of rotatable bonds is 6. The molecule has 0 bridgehead atoms.